The summed E-state index contributed by atoms with van der Waals surface area (Å²) in [6.07, 6.45) is 2.20. The van der Waals surface area contributed by atoms with Crippen molar-refractivity contribution in [3.05, 3.63) is 12.2 Å². The van der Waals surface area contributed by atoms with Gasteiger partial charge in [0, 0.05) is 12.2 Å². The van der Waals surface area contributed by atoms with E-state index in [1.807, 2.05) is 13.2 Å². The van der Waals surface area contributed by atoms with Gasteiger partial charge in [-0.1, -0.05) is 19.1 Å². The highest BCUT2D eigenvalue weighted by atomic mass is 32.2. The van der Waals surface area contributed by atoms with E-state index in [2.05, 4.69) is 20.4 Å². The number of hydrogen-bond donors (Lipinski definition) is 0. The summed E-state index contributed by atoms with van der Waals surface area (Å²) in [6, 6.07) is 0. The van der Waals surface area contributed by atoms with E-state index < -0.39 is 0 Å². The second kappa shape index (κ2) is 4.80. The lowest BCUT2D eigenvalue weighted by Gasteiger charge is -2.18. The quantitative estimate of drug-likeness (QED) is 0.462. The van der Waals surface area contributed by atoms with Crippen LogP contribution in [0.1, 0.15) is 20.8 Å². The predicted molar refractivity (Wildman–Crippen MR) is 48.0 cm³/mol. The molecule has 0 aliphatic heterocycles. The summed E-state index contributed by atoms with van der Waals surface area (Å²) in [4.78, 5) is 0. The van der Waals surface area contributed by atoms with Crippen LogP contribution >= 0.6 is 12.0 Å². The summed E-state index contributed by atoms with van der Waals surface area (Å²) in [5.74, 6) is 0.451. The van der Waals surface area contributed by atoms with Gasteiger partial charge in [0.2, 0.25) is 0 Å². The molecule has 0 amide bonds. The number of hydrogen-bond acceptors (Lipinski definition) is 2. The summed E-state index contributed by atoms with van der Waals surface area (Å²) in [5.41, 5.74) is 1.18. The standard InChI is InChI=1S/C8H16OS/c1-6(2)7(3)8(4)9-10-5/h7-8H,1H2,2-5H3. The summed E-state index contributed by atoms with van der Waals surface area (Å²) in [5, 5.41) is 0. The van der Waals surface area contributed by atoms with Crippen LogP contribution in [0.2, 0.25) is 0 Å². The first-order valence-corrected chi connectivity index (χ1v) is 4.59. The van der Waals surface area contributed by atoms with Crippen LogP contribution in [-0.2, 0) is 4.18 Å². The maximum Gasteiger partial charge on any atom is 0.0756 e. The first-order chi connectivity index (χ1) is 4.59. The van der Waals surface area contributed by atoms with Gasteiger partial charge in [0.15, 0.2) is 0 Å². The molecule has 1 nitrogen and oxygen atoms in total. The first-order valence-electron chi connectivity index (χ1n) is 3.44. The zero-order valence-corrected chi connectivity index (χ0v) is 7.99. The average molecular weight is 160 g/mol. The van der Waals surface area contributed by atoms with Gasteiger partial charge in [0.05, 0.1) is 6.10 Å². The molecule has 0 fully saturated rings. The Morgan fingerprint density at radius 1 is 1.50 bits per heavy atom. The fourth-order valence-electron chi connectivity index (χ4n) is 0.636. The smallest absolute Gasteiger partial charge is 0.0756 e. The lowest BCUT2D eigenvalue weighted by Crippen LogP contribution is -2.15. The third-order valence-corrected chi connectivity index (χ3v) is 2.23. The Hall–Kier alpha value is 0.0500. The Kier molecular flexibility index (Phi) is 4.83. The van der Waals surface area contributed by atoms with Gasteiger partial charge in [0.25, 0.3) is 0 Å². The largest absolute Gasteiger partial charge is 0.312 e. The highest BCUT2D eigenvalue weighted by Gasteiger charge is 2.12. The summed E-state index contributed by atoms with van der Waals surface area (Å²) >= 11 is 1.41. The Labute approximate surface area is 68.0 Å². The predicted octanol–water partition coefficient (Wildman–Crippen LogP) is 2.88. The molecule has 0 aromatic rings. The monoisotopic (exact) mass is 160 g/mol. The van der Waals surface area contributed by atoms with Gasteiger partial charge in [-0.25, -0.2) is 0 Å². The second-order valence-electron chi connectivity index (χ2n) is 2.60. The van der Waals surface area contributed by atoms with Crippen molar-refractivity contribution in [3.63, 3.8) is 0 Å². The topological polar surface area (TPSA) is 9.23 Å². The van der Waals surface area contributed by atoms with Crippen molar-refractivity contribution >= 4 is 12.0 Å². The molecule has 2 atom stereocenters. The van der Waals surface area contributed by atoms with E-state index in [4.69, 9.17) is 4.18 Å². The van der Waals surface area contributed by atoms with Gasteiger partial charge in [-0.15, -0.1) is 0 Å². The molecule has 0 saturated heterocycles. The van der Waals surface area contributed by atoms with E-state index in [0.717, 1.165) is 0 Å². The summed E-state index contributed by atoms with van der Waals surface area (Å²) in [7, 11) is 0. The van der Waals surface area contributed by atoms with E-state index in [9.17, 15) is 0 Å². The van der Waals surface area contributed by atoms with Crippen molar-refractivity contribution in [2.75, 3.05) is 6.26 Å². The zero-order chi connectivity index (χ0) is 8.15. The Balaban J connectivity index is 3.69. The normalized spacial score (nSPS) is 16.4. The Morgan fingerprint density at radius 3 is 2.30 bits per heavy atom. The second-order valence-corrected chi connectivity index (χ2v) is 3.13. The van der Waals surface area contributed by atoms with Crippen LogP contribution in [0.3, 0.4) is 0 Å². The zero-order valence-electron chi connectivity index (χ0n) is 7.18. The highest BCUT2D eigenvalue weighted by molar-refractivity contribution is 7.93. The van der Waals surface area contributed by atoms with Crippen LogP contribution in [0.25, 0.3) is 0 Å². The molecule has 0 aliphatic carbocycles. The summed E-state index contributed by atoms with van der Waals surface area (Å²) < 4.78 is 5.32. The lowest BCUT2D eigenvalue weighted by molar-refractivity contribution is 0.215. The third kappa shape index (κ3) is 3.28. The lowest BCUT2D eigenvalue weighted by atomic mass is 9.99. The molecular weight excluding hydrogens is 144 g/mol. The minimum absolute atomic E-state index is 0.271. The number of rotatable bonds is 4. The fourth-order valence-corrected chi connectivity index (χ4v) is 1.11. The van der Waals surface area contributed by atoms with Crippen LogP contribution < -0.4 is 0 Å². The maximum atomic E-state index is 5.32. The van der Waals surface area contributed by atoms with E-state index >= 15 is 0 Å². The van der Waals surface area contributed by atoms with Crippen LogP contribution in [0.5, 0.6) is 0 Å². The van der Waals surface area contributed by atoms with Crippen molar-refractivity contribution in [1.29, 1.82) is 0 Å². The molecule has 0 aromatic heterocycles. The molecule has 0 spiro atoms. The molecule has 0 aliphatic rings. The Bertz CT molecular complexity index is 112. The molecule has 0 bridgehead atoms. The van der Waals surface area contributed by atoms with Crippen molar-refractivity contribution < 1.29 is 4.18 Å². The van der Waals surface area contributed by atoms with Gasteiger partial charge in [-0.05, 0) is 25.9 Å². The third-order valence-electron chi connectivity index (χ3n) is 1.73. The molecule has 0 saturated carbocycles. The molecule has 2 unspecified atom stereocenters. The van der Waals surface area contributed by atoms with E-state index in [1.165, 1.54) is 17.6 Å². The molecule has 0 radical (unpaired) electrons. The summed E-state index contributed by atoms with van der Waals surface area (Å²) in [6.45, 7) is 10.1. The van der Waals surface area contributed by atoms with Crippen LogP contribution in [0, 0.1) is 5.92 Å². The molecular formula is C8H16OS. The van der Waals surface area contributed by atoms with Gasteiger partial charge >= 0.3 is 0 Å². The molecule has 0 heterocycles. The molecule has 0 N–H and O–H groups in total. The maximum absolute atomic E-state index is 5.32. The highest BCUT2D eigenvalue weighted by Crippen LogP contribution is 2.17. The Morgan fingerprint density at radius 2 is 2.00 bits per heavy atom. The van der Waals surface area contributed by atoms with Crippen LogP contribution in [0.15, 0.2) is 12.2 Å². The van der Waals surface area contributed by atoms with E-state index in [1.54, 1.807) is 0 Å². The van der Waals surface area contributed by atoms with Gasteiger partial charge in [-0.3, -0.25) is 0 Å². The molecule has 10 heavy (non-hydrogen) atoms. The SMILES string of the molecule is C=C(C)C(C)C(C)OSC. The molecule has 0 rings (SSSR count). The van der Waals surface area contributed by atoms with Gasteiger partial charge in [0.1, 0.15) is 0 Å². The van der Waals surface area contributed by atoms with Crippen molar-refractivity contribution in [2.45, 2.75) is 26.9 Å². The van der Waals surface area contributed by atoms with Gasteiger partial charge in [-0.2, -0.15) is 0 Å². The van der Waals surface area contributed by atoms with Crippen molar-refractivity contribution in [2.24, 2.45) is 5.92 Å². The van der Waals surface area contributed by atoms with Gasteiger partial charge < -0.3 is 4.18 Å². The minimum Gasteiger partial charge on any atom is -0.312 e. The van der Waals surface area contributed by atoms with E-state index in [0.29, 0.717) is 5.92 Å². The average Bonchev–Trinajstić information content (AvgIpc) is 1.87. The first kappa shape index (κ1) is 10.0. The fraction of sp³-hybridized carbons (Fsp3) is 0.750. The van der Waals surface area contributed by atoms with Crippen molar-refractivity contribution in [1.82, 2.24) is 0 Å². The molecule has 2 heteroatoms. The molecule has 0 aromatic carbocycles. The van der Waals surface area contributed by atoms with E-state index in [-0.39, 0.29) is 6.10 Å². The van der Waals surface area contributed by atoms with Crippen LogP contribution in [-0.4, -0.2) is 12.4 Å². The molecule has 60 valence electrons. The minimum atomic E-state index is 0.271. The van der Waals surface area contributed by atoms with Crippen LogP contribution in [0.4, 0.5) is 0 Å². The van der Waals surface area contributed by atoms with Crippen molar-refractivity contribution in [3.8, 4) is 0 Å².